The van der Waals surface area contributed by atoms with Gasteiger partial charge in [0.15, 0.2) is 5.96 Å². The monoisotopic (exact) mass is 409 g/mol. The van der Waals surface area contributed by atoms with Crippen molar-refractivity contribution < 1.29 is 0 Å². The van der Waals surface area contributed by atoms with Gasteiger partial charge in [-0.3, -0.25) is 4.99 Å². The number of nitrogens with one attached hydrogen (secondary N) is 1. The van der Waals surface area contributed by atoms with Crippen LogP contribution in [0.4, 0.5) is 0 Å². The van der Waals surface area contributed by atoms with Gasteiger partial charge >= 0.3 is 0 Å². The number of hydrogen-bond acceptors (Lipinski definition) is 1. The van der Waals surface area contributed by atoms with Crippen molar-refractivity contribution in [2.45, 2.75) is 39.0 Å². The first-order valence-corrected chi connectivity index (χ1v) is 7.14. The first-order chi connectivity index (χ1) is 8.97. The fourth-order valence-electron chi connectivity index (χ4n) is 1.83. The van der Waals surface area contributed by atoms with Crippen LogP contribution in [-0.4, -0.2) is 19.0 Å². The fraction of sp³-hybridized carbons (Fsp3) is 0.533. The van der Waals surface area contributed by atoms with Crippen LogP contribution in [0.15, 0.2) is 29.3 Å². The van der Waals surface area contributed by atoms with E-state index >= 15 is 0 Å². The minimum atomic E-state index is -0.130. The molecule has 0 heterocycles. The van der Waals surface area contributed by atoms with Crippen LogP contribution in [0, 0.1) is 0 Å². The number of halogens is 2. The number of hydrogen-bond donors (Lipinski definition) is 2. The third-order valence-corrected chi connectivity index (χ3v) is 3.41. The molecular formula is C15H25ClIN3. The maximum Gasteiger partial charge on any atom is 0.188 e. The lowest BCUT2D eigenvalue weighted by Crippen LogP contribution is -2.34. The smallest absolute Gasteiger partial charge is 0.188 e. The molecule has 0 unspecified atom stereocenters. The van der Waals surface area contributed by atoms with Crippen molar-refractivity contribution >= 4 is 41.5 Å². The molecule has 3 N–H and O–H groups in total. The molecule has 3 nitrogen and oxygen atoms in total. The molecule has 0 bridgehead atoms. The SMILES string of the molecule is CCCCNC(N)=NCC(C)(C)c1ccccc1Cl.I. The van der Waals surface area contributed by atoms with Crippen LogP contribution in [-0.2, 0) is 5.41 Å². The average Bonchev–Trinajstić information content (AvgIpc) is 2.37. The predicted molar refractivity (Wildman–Crippen MR) is 99.3 cm³/mol. The highest BCUT2D eigenvalue weighted by Gasteiger charge is 2.22. The van der Waals surface area contributed by atoms with Crippen LogP contribution >= 0.6 is 35.6 Å². The van der Waals surface area contributed by atoms with E-state index in [2.05, 4.69) is 31.1 Å². The van der Waals surface area contributed by atoms with Gasteiger partial charge in [-0.15, -0.1) is 24.0 Å². The summed E-state index contributed by atoms with van der Waals surface area (Å²) >= 11 is 6.23. The van der Waals surface area contributed by atoms with Gasteiger partial charge in [-0.2, -0.15) is 0 Å². The maximum absolute atomic E-state index is 6.23. The Kier molecular flexibility index (Phi) is 9.22. The second kappa shape index (κ2) is 9.45. The summed E-state index contributed by atoms with van der Waals surface area (Å²) in [6, 6.07) is 7.88. The zero-order chi connectivity index (χ0) is 14.3. The van der Waals surface area contributed by atoms with Crippen molar-refractivity contribution in [1.29, 1.82) is 0 Å². The summed E-state index contributed by atoms with van der Waals surface area (Å²) in [5, 5.41) is 3.89. The normalized spacial score (nSPS) is 11.9. The van der Waals surface area contributed by atoms with E-state index < -0.39 is 0 Å². The van der Waals surface area contributed by atoms with Gasteiger partial charge in [-0.05, 0) is 18.1 Å². The van der Waals surface area contributed by atoms with E-state index in [1.807, 2.05) is 24.3 Å². The molecule has 1 rings (SSSR count). The lowest BCUT2D eigenvalue weighted by molar-refractivity contribution is 0.539. The molecule has 0 aliphatic rings. The minimum absolute atomic E-state index is 0. The van der Waals surface area contributed by atoms with Gasteiger partial charge in [0.05, 0.1) is 6.54 Å². The van der Waals surface area contributed by atoms with E-state index in [0.717, 1.165) is 30.0 Å². The molecule has 0 amide bonds. The van der Waals surface area contributed by atoms with Crippen LogP contribution in [0.2, 0.25) is 5.02 Å². The first-order valence-electron chi connectivity index (χ1n) is 6.76. The fourth-order valence-corrected chi connectivity index (χ4v) is 2.22. The molecule has 0 atom stereocenters. The van der Waals surface area contributed by atoms with Gasteiger partial charge in [-0.1, -0.05) is 57.0 Å². The van der Waals surface area contributed by atoms with Gasteiger partial charge in [-0.25, -0.2) is 0 Å². The van der Waals surface area contributed by atoms with Crippen molar-refractivity contribution in [3.63, 3.8) is 0 Å². The van der Waals surface area contributed by atoms with E-state index in [-0.39, 0.29) is 29.4 Å². The highest BCUT2D eigenvalue weighted by atomic mass is 127. The highest BCUT2D eigenvalue weighted by Crippen LogP contribution is 2.29. The van der Waals surface area contributed by atoms with E-state index in [9.17, 15) is 0 Å². The standard InChI is InChI=1S/C15H24ClN3.HI/c1-4-5-10-18-14(17)19-11-15(2,3)12-8-6-7-9-13(12)16;/h6-9H,4-5,10-11H2,1-3H3,(H3,17,18,19);1H. The molecule has 1 aromatic carbocycles. The Morgan fingerprint density at radius 3 is 2.60 bits per heavy atom. The number of unbranched alkanes of at least 4 members (excludes halogenated alkanes) is 1. The molecule has 0 spiro atoms. The molecule has 0 fully saturated rings. The van der Waals surface area contributed by atoms with Crippen molar-refractivity contribution in [3.8, 4) is 0 Å². The number of guanidine groups is 1. The van der Waals surface area contributed by atoms with E-state index in [1.54, 1.807) is 0 Å². The summed E-state index contributed by atoms with van der Waals surface area (Å²) in [7, 11) is 0. The molecular weight excluding hydrogens is 385 g/mol. The van der Waals surface area contributed by atoms with Crippen LogP contribution in [0.1, 0.15) is 39.2 Å². The summed E-state index contributed by atoms with van der Waals surface area (Å²) in [6.07, 6.45) is 2.25. The molecule has 0 aliphatic heterocycles. The highest BCUT2D eigenvalue weighted by molar-refractivity contribution is 14.0. The topological polar surface area (TPSA) is 50.4 Å². The van der Waals surface area contributed by atoms with Crippen molar-refractivity contribution in [1.82, 2.24) is 5.32 Å². The van der Waals surface area contributed by atoms with Gasteiger partial charge in [0.25, 0.3) is 0 Å². The zero-order valence-electron chi connectivity index (χ0n) is 12.4. The van der Waals surface area contributed by atoms with Gasteiger partial charge < -0.3 is 11.1 Å². The number of aliphatic imine (C=N–C) groups is 1. The molecule has 1 aromatic rings. The minimum Gasteiger partial charge on any atom is -0.370 e. The van der Waals surface area contributed by atoms with Crippen LogP contribution < -0.4 is 11.1 Å². The van der Waals surface area contributed by atoms with Gasteiger partial charge in [0.2, 0.25) is 0 Å². The number of nitrogens with two attached hydrogens (primary N) is 1. The molecule has 0 aliphatic carbocycles. The van der Waals surface area contributed by atoms with Crippen molar-refractivity contribution in [2.75, 3.05) is 13.1 Å². The van der Waals surface area contributed by atoms with E-state index in [1.165, 1.54) is 0 Å². The molecule has 0 saturated carbocycles. The zero-order valence-corrected chi connectivity index (χ0v) is 15.5. The third kappa shape index (κ3) is 6.31. The van der Waals surface area contributed by atoms with E-state index in [4.69, 9.17) is 17.3 Å². The van der Waals surface area contributed by atoms with Gasteiger partial charge in [0.1, 0.15) is 0 Å². The largest absolute Gasteiger partial charge is 0.370 e. The Morgan fingerprint density at radius 2 is 2.00 bits per heavy atom. The average molecular weight is 410 g/mol. The van der Waals surface area contributed by atoms with Crippen molar-refractivity contribution in [2.24, 2.45) is 10.7 Å². The first kappa shape index (κ1) is 19.5. The number of rotatable bonds is 6. The summed E-state index contributed by atoms with van der Waals surface area (Å²) in [4.78, 5) is 4.41. The lowest BCUT2D eigenvalue weighted by Gasteiger charge is -2.24. The second-order valence-electron chi connectivity index (χ2n) is 5.35. The predicted octanol–water partition coefficient (Wildman–Crippen LogP) is 3.94. The Morgan fingerprint density at radius 1 is 1.35 bits per heavy atom. The summed E-state index contributed by atoms with van der Waals surface area (Å²) in [5.41, 5.74) is 6.81. The summed E-state index contributed by atoms with van der Waals surface area (Å²) in [5.74, 6) is 0.508. The molecule has 20 heavy (non-hydrogen) atoms. The van der Waals surface area contributed by atoms with Crippen molar-refractivity contribution in [3.05, 3.63) is 34.9 Å². The van der Waals surface area contributed by atoms with Gasteiger partial charge in [0, 0.05) is 17.0 Å². The molecule has 0 aromatic heterocycles. The van der Waals surface area contributed by atoms with Crippen LogP contribution in [0.3, 0.4) is 0 Å². The molecule has 114 valence electrons. The molecule has 0 radical (unpaired) electrons. The Balaban J connectivity index is 0.00000361. The second-order valence-corrected chi connectivity index (χ2v) is 5.75. The molecule has 0 saturated heterocycles. The van der Waals surface area contributed by atoms with Crippen LogP contribution in [0.5, 0.6) is 0 Å². The maximum atomic E-state index is 6.23. The third-order valence-electron chi connectivity index (χ3n) is 3.08. The quantitative estimate of drug-likeness (QED) is 0.324. The Hall–Kier alpha value is -0.490. The lowest BCUT2D eigenvalue weighted by atomic mass is 9.85. The number of benzene rings is 1. The Labute approximate surface area is 144 Å². The van der Waals surface area contributed by atoms with Crippen LogP contribution in [0.25, 0.3) is 0 Å². The van der Waals surface area contributed by atoms with E-state index in [0.29, 0.717) is 12.5 Å². The summed E-state index contributed by atoms with van der Waals surface area (Å²) in [6.45, 7) is 7.88. The summed E-state index contributed by atoms with van der Waals surface area (Å²) < 4.78 is 0. The molecule has 5 heteroatoms. The number of nitrogens with zero attached hydrogens (tertiary/aromatic N) is 1. The Bertz CT molecular complexity index is 433.